The lowest BCUT2D eigenvalue weighted by atomic mass is 9.96. The van der Waals surface area contributed by atoms with Gasteiger partial charge in [-0.1, -0.05) is 6.92 Å². The molecule has 0 spiro atoms. The number of carbonyl (C=O) groups is 2. The van der Waals surface area contributed by atoms with Crippen molar-refractivity contribution in [3.8, 4) is 0 Å². The Morgan fingerprint density at radius 3 is 2.71 bits per heavy atom. The Morgan fingerprint density at radius 1 is 1.43 bits per heavy atom. The van der Waals surface area contributed by atoms with Crippen LogP contribution in [-0.4, -0.2) is 23.9 Å². The first-order valence-corrected chi connectivity index (χ1v) is 7.66. The minimum Gasteiger partial charge on any atom is -0.342 e. The average Bonchev–Trinajstić information content (AvgIpc) is 2.53. The molecule has 0 saturated carbocycles. The van der Waals surface area contributed by atoms with E-state index < -0.39 is 5.54 Å². The SMILES string of the molecule is CCC1(C)NC(=O)CCN(c2cc(Br)c(F)cc2C)C1=O. The summed E-state index contributed by atoms with van der Waals surface area (Å²) < 4.78 is 13.9. The van der Waals surface area contributed by atoms with Crippen LogP contribution in [-0.2, 0) is 9.59 Å². The Morgan fingerprint density at radius 2 is 2.10 bits per heavy atom. The number of amides is 2. The fraction of sp³-hybridized carbons (Fsp3) is 0.467. The molecule has 2 rings (SSSR count). The number of nitrogens with one attached hydrogen (secondary N) is 1. The van der Waals surface area contributed by atoms with E-state index in [9.17, 15) is 14.0 Å². The first kappa shape index (κ1) is 15.9. The zero-order chi connectivity index (χ0) is 15.8. The number of anilines is 1. The van der Waals surface area contributed by atoms with Gasteiger partial charge in [0.15, 0.2) is 0 Å². The molecule has 2 amide bonds. The molecule has 6 heteroatoms. The van der Waals surface area contributed by atoms with Crippen LogP contribution in [0.3, 0.4) is 0 Å². The molecule has 1 heterocycles. The number of halogens is 2. The third-order valence-electron chi connectivity index (χ3n) is 3.93. The molecule has 1 aliphatic rings. The van der Waals surface area contributed by atoms with Gasteiger partial charge in [0.1, 0.15) is 11.4 Å². The molecule has 1 aromatic rings. The summed E-state index contributed by atoms with van der Waals surface area (Å²) in [6, 6.07) is 2.98. The monoisotopic (exact) mass is 356 g/mol. The average molecular weight is 357 g/mol. The topological polar surface area (TPSA) is 49.4 Å². The minimum atomic E-state index is -0.930. The highest BCUT2D eigenvalue weighted by molar-refractivity contribution is 9.10. The fourth-order valence-corrected chi connectivity index (χ4v) is 2.76. The first-order chi connectivity index (χ1) is 9.78. The van der Waals surface area contributed by atoms with E-state index in [0.717, 1.165) is 0 Å². The van der Waals surface area contributed by atoms with Gasteiger partial charge in [-0.2, -0.15) is 0 Å². The summed E-state index contributed by atoms with van der Waals surface area (Å²) in [5.41, 5.74) is 0.363. The standard InChI is InChI=1S/C15H18BrFN2O2/c1-4-15(3)14(21)19(6-5-13(20)18-15)12-8-10(16)11(17)7-9(12)2/h7-8H,4-6H2,1-3H3,(H,18,20). The van der Waals surface area contributed by atoms with Crippen LogP contribution in [0.1, 0.15) is 32.3 Å². The number of rotatable bonds is 2. The molecule has 1 atom stereocenters. The zero-order valence-corrected chi connectivity index (χ0v) is 13.9. The van der Waals surface area contributed by atoms with Gasteiger partial charge in [-0.3, -0.25) is 9.59 Å². The quantitative estimate of drug-likeness (QED) is 0.885. The van der Waals surface area contributed by atoms with E-state index in [-0.39, 0.29) is 24.1 Å². The maximum Gasteiger partial charge on any atom is 0.252 e. The number of benzene rings is 1. The van der Waals surface area contributed by atoms with Crippen molar-refractivity contribution in [2.45, 2.75) is 39.2 Å². The lowest BCUT2D eigenvalue weighted by Crippen LogP contribution is -2.54. The van der Waals surface area contributed by atoms with Crippen LogP contribution in [0.25, 0.3) is 0 Å². The number of hydrogen-bond acceptors (Lipinski definition) is 2. The second-order valence-corrected chi connectivity index (χ2v) is 6.35. The predicted octanol–water partition coefficient (Wildman–Crippen LogP) is 2.92. The highest BCUT2D eigenvalue weighted by atomic mass is 79.9. The molecule has 1 saturated heterocycles. The lowest BCUT2D eigenvalue weighted by Gasteiger charge is -2.32. The van der Waals surface area contributed by atoms with E-state index in [1.165, 1.54) is 6.07 Å². The van der Waals surface area contributed by atoms with Gasteiger partial charge in [-0.25, -0.2) is 4.39 Å². The Bertz CT molecular complexity index is 606. The summed E-state index contributed by atoms with van der Waals surface area (Å²) in [6.45, 7) is 5.62. The molecule has 4 nitrogen and oxygen atoms in total. The van der Waals surface area contributed by atoms with Crippen molar-refractivity contribution >= 4 is 33.4 Å². The van der Waals surface area contributed by atoms with Gasteiger partial charge >= 0.3 is 0 Å². The van der Waals surface area contributed by atoms with Gasteiger partial charge in [0.2, 0.25) is 5.91 Å². The van der Waals surface area contributed by atoms with Crippen LogP contribution in [0.15, 0.2) is 16.6 Å². The van der Waals surface area contributed by atoms with Crippen molar-refractivity contribution in [2.75, 3.05) is 11.4 Å². The third-order valence-corrected chi connectivity index (χ3v) is 4.54. The van der Waals surface area contributed by atoms with E-state index in [4.69, 9.17) is 0 Å². The molecule has 0 radical (unpaired) electrons. The zero-order valence-electron chi connectivity index (χ0n) is 12.3. The number of nitrogens with zero attached hydrogens (tertiary/aromatic N) is 1. The van der Waals surface area contributed by atoms with Crippen molar-refractivity contribution in [1.82, 2.24) is 5.32 Å². The molecule has 21 heavy (non-hydrogen) atoms. The molecule has 1 N–H and O–H groups in total. The van der Waals surface area contributed by atoms with Gasteiger partial charge in [0, 0.05) is 18.7 Å². The molecule has 1 aromatic carbocycles. The van der Waals surface area contributed by atoms with Gasteiger partial charge in [-0.05, 0) is 53.9 Å². The maximum atomic E-state index is 13.6. The van der Waals surface area contributed by atoms with Crippen LogP contribution < -0.4 is 10.2 Å². The molecule has 1 unspecified atom stereocenters. The first-order valence-electron chi connectivity index (χ1n) is 6.87. The van der Waals surface area contributed by atoms with Crippen LogP contribution in [0.5, 0.6) is 0 Å². The molecule has 0 aliphatic carbocycles. The smallest absolute Gasteiger partial charge is 0.252 e. The number of carbonyl (C=O) groups excluding carboxylic acids is 2. The van der Waals surface area contributed by atoms with Gasteiger partial charge in [-0.15, -0.1) is 0 Å². The van der Waals surface area contributed by atoms with E-state index >= 15 is 0 Å². The van der Waals surface area contributed by atoms with Crippen LogP contribution in [0.4, 0.5) is 10.1 Å². The van der Waals surface area contributed by atoms with Crippen LogP contribution >= 0.6 is 15.9 Å². The number of hydrogen-bond donors (Lipinski definition) is 1. The van der Waals surface area contributed by atoms with Crippen LogP contribution in [0, 0.1) is 12.7 Å². The molecular weight excluding hydrogens is 339 g/mol. The molecular formula is C15H18BrFN2O2. The van der Waals surface area contributed by atoms with E-state index in [0.29, 0.717) is 28.7 Å². The number of aryl methyl sites for hydroxylation is 1. The third kappa shape index (κ3) is 2.95. The predicted molar refractivity (Wildman–Crippen MR) is 82.6 cm³/mol. The molecule has 114 valence electrons. The molecule has 0 aromatic heterocycles. The van der Waals surface area contributed by atoms with E-state index in [1.807, 2.05) is 6.92 Å². The Labute approximate surface area is 131 Å². The van der Waals surface area contributed by atoms with Crippen LogP contribution in [0.2, 0.25) is 0 Å². The highest BCUT2D eigenvalue weighted by Crippen LogP contribution is 2.30. The Kier molecular flexibility index (Phi) is 4.37. The summed E-state index contributed by atoms with van der Waals surface area (Å²) in [5, 5.41) is 2.78. The summed E-state index contributed by atoms with van der Waals surface area (Å²) >= 11 is 3.15. The molecule has 0 bridgehead atoms. The summed E-state index contributed by atoms with van der Waals surface area (Å²) in [6.07, 6.45) is 0.727. The minimum absolute atomic E-state index is 0.144. The molecule has 1 fully saturated rings. The highest BCUT2D eigenvalue weighted by Gasteiger charge is 2.40. The fourth-order valence-electron chi connectivity index (χ4n) is 2.43. The Balaban J connectivity index is 2.49. The second kappa shape index (κ2) is 5.75. The Hall–Kier alpha value is -1.43. The largest absolute Gasteiger partial charge is 0.342 e. The van der Waals surface area contributed by atoms with Gasteiger partial charge in [0.05, 0.1) is 4.47 Å². The van der Waals surface area contributed by atoms with Crippen molar-refractivity contribution in [1.29, 1.82) is 0 Å². The summed E-state index contributed by atoms with van der Waals surface area (Å²) in [7, 11) is 0. The maximum absolute atomic E-state index is 13.6. The summed E-state index contributed by atoms with van der Waals surface area (Å²) in [5.74, 6) is -0.683. The van der Waals surface area contributed by atoms with Gasteiger partial charge < -0.3 is 10.2 Å². The van der Waals surface area contributed by atoms with Crippen molar-refractivity contribution in [3.63, 3.8) is 0 Å². The van der Waals surface area contributed by atoms with E-state index in [1.54, 1.807) is 24.8 Å². The van der Waals surface area contributed by atoms with E-state index in [2.05, 4.69) is 21.2 Å². The van der Waals surface area contributed by atoms with Gasteiger partial charge in [0.25, 0.3) is 5.91 Å². The van der Waals surface area contributed by atoms with Crippen molar-refractivity contribution < 1.29 is 14.0 Å². The van der Waals surface area contributed by atoms with Crippen molar-refractivity contribution in [3.05, 3.63) is 28.0 Å². The normalized spacial score (nSPS) is 23.0. The lowest BCUT2D eigenvalue weighted by molar-refractivity contribution is -0.129. The summed E-state index contributed by atoms with van der Waals surface area (Å²) in [4.78, 5) is 26.2. The van der Waals surface area contributed by atoms with Crippen molar-refractivity contribution in [2.24, 2.45) is 0 Å². The molecule has 1 aliphatic heterocycles. The second-order valence-electron chi connectivity index (χ2n) is 5.49.